The molecule has 2 N–H and O–H groups in total. The van der Waals surface area contributed by atoms with Crippen molar-refractivity contribution in [1.29, 1.82) is 0 Å². The molecular formula is C16H14ClF3N2O3S. The fraction of sp³-hybridized carbons (Fsp3) is 0.188. The maximum atomic E-state index is 12.8. The highest BCUT2D eigenvalue weighted by atomic mass is 35.5. The van der Waals surface area contributed by atoms with Crippen LogP contribution >= 0.6 is 11.6 Å². The second kappa shape index (κ2) is 7.65. The number of para-hydroxylation sites is 1. The van der Waals surface area contributed by atoms with Crippen molar-refractivity contribution in [2.45, 2.75) is 24.0 Å². The Bertz CT molecular complexity index is 903. The molecule has 0 saturated carbocycles. The summed E-state index contributed by atoms with van der Waals surface area (Å²) in [7, 11) is -4.45. The number of hydrogen-bond donors (Lipinski definition) is 2. The lowest BCUT2D eigenvalue weighted by Crippen LogP contribution is -2.41. The van der Waals surface area contributed by atoms with Crippen molar-refractivity contribution in [2.24, 2.45) is 0 Å². The Morgan fingerprint density at radius 1 is 1.12 bits per heavy atom. The maximum Gasteiger partial charge on any atom is 0.416 e. The third kappa shape index (κ3) is 4.96. The van der Waals surface area contributed by atoms with Gasteiger partial charge in [-0.3, -0.25) is 4.79 Å². The van der Waals surface area contributed by atoms with Crippen molar-refractivity contribution in [1.82, 2.24) is 4.72 Å². The molecule has 10 heteroatoms. The molecule has 0 fully saturated rings. The number of alkyl halides is 3. The molecule has 0 aliphatic heterocycles. The van der Waals surface area contributed by atoms with Gasteiger partial charge in [0.25, 0.3) is 0 Å². The van der Waals surface area contributed by atoms with Crippen LogP contribution in [0, 0.1) is 0 Å². The van der Waals surface area contributed by atoms with Crippen LogP contribution in [0.3, 0.4) is 0 Å². The number of halogens is 4. The van der Waals surface area contributed by atoms with Gasteiger partial charge in [-0.05, 0) is 37.3 Å². The van der Waals surface area contributed by atoms with Crippen LogP contribution in [-0.4, -0.2) is 20.4 Å². The van der Waals surface area contributed by atoms with E-state index in [0.717, 1.165) is 6.07 Å². The minimum Gasteiger partial charge on any atom is -0.325 e. The average Bonchev–Trinajstić information content (AvgIpc) is 2.54. The Morgan fingerprint density at radius 3 is 2.31 bits per heavy atom. The highest BCUT2D eigenvalue weighted by Crippen LogP contribution is 2.33. The molecule has 2 aromatic carbocycles. The normalized spacial score (nSPS) is 13.3. The second-order valence-corrected chi connectivity index (χ2v) is 7.43. The Balaban J connectivity index is 2.21. The molecule has 0 aromatic heterocycles. The number of carbonyl (C=O) groups excluding carboxylic acids is 1. The lowest BCUT2D eigenvalue weighted by molar-refractivity contribution is -0.137. The fourth-order valence-electron chi connectivity index (χ4n) is 2.01. The molecule has 0 spiro atoms. The molecule has 5 nitrogen and oxygen atoms in total. The van der Waals surface area contributed by atoms with Crippen LogP contribution in [0.1, 0.15) is 12.5 Å². The molecular weight excluding hydrogens is 393 g/mol. The van der Waals surface area contributed by atoms with Crippen LogP contribution in [0.4, 0.5) is 18.9 Å². The van der Waals surface area contributed by atoms with Gasteiger partial charge in [0.15, 0.2) is 0 Å². The zero-order valence-corrected chi connectivity index (χ0v) is 14.9. The van der Waals surface area contributed by atoms with Gasteiger partial charge < -0.3 is 5.32 Å². The maximum absolute atomic E-state index is 12.8. The van der Waals surface area contributed by atoms with E-state index in [4.69, 9.17) is 11.6 Å². The number of benzene rings is 2. The summed E-state index contributed by atoms with van der Waals surface area (Å²) in [5, 5.41) is 2.10. The van der Waals surface area contributed by atoms with Crippen LogP contribution in [0.25, 0.3) is 0 Å². The first-order valence-corrected chi connectivity index (χ1v) is 9.12. The molecule has 0 aliphatic carbocycles. The van der Waals surface area contributed by atoms with Crippen molar-refractivity contribution in [3.8, 4) is 0 Å². The van der Waals surface area contributed by atoms with Crippen molar-refractivity contribution < 1.29 is 26.4 Å². The lowest BCUT2D eigenvalue weighted by Gasteiger charge is -2.16. The quantitative estimate of drug-likeness (QED) is 0.795. The first kappa shape index (κ1) is 20.2. The number of hydrogen-bond acceptors (Lipinski definition) is 3. The summed E-state index contributed by atoms with van der Waals surface area (Å²) < 4.78 is 65.1. The van der Waals surface area contributed by atoms with Gasteiger partial charge >= 0.3 is 6.18 Å². The molecule has 0 radical (unpaired) electrons. The molecule has 0 bridgehead atoms. The summed E-state index contributed by atoms with van der Waals surface area (Å²) >= 11 is 5.74. The first-order chi connectivity index (χ1) is 12.0. The molecule has 0 heterocycles. The largest absolute Gasteiger partial charge is 0.416 e. The van der Waals surface area contributed by atoms with Gasteiger partial charge in [-0.25, -0.2) is 8.42 Å². The minimum absolute atomic E-state index is 0.388. The van der Waals surface area contributed by atoms with Crippen LogP contribution in [-0.2, 0) is 21.0 Å². The lowest BCUT2D eigenvalue weighted by atomic mass is 10.2. The Labute approximate surface area is 153 Å². The van der Waals surface area contributed by atoms with E-state index in [2.05, 4.69) is 5.32 Å². The van der Waals surface area contributed by atoms with E-state index in [-0.39, 0.29) is 5.02 Å². The van der Waals surface area contributed by atoms with E-state index in [9.17, 15) is 26.4 Å². The standard InChI is InChI=1S/C16H14ClF3N2O3S/c1-10(15(23)21-12-5-3-2-4-6-12)22-26(24,25)14-9-11(16(18,19)20)7-8-13(14)17/h2-10,22H,1H3,(H,21,23). The highest BCUT2D eigenvalue weighted by Gasteiger charge is 2.33. The molecule has 2 rings (SSSR count). The fourth-order valence-corrected chi connectivity index (χ4v) is 3.74. The third-order valence-electron chi connectivity index (χ3n) is 3.31. The molecule has 1 amide bonds. The van der Waals surface area contributed by atoms with E-state index in [1.54, 1.807) is 30.3 Å². The van der Waals surface area contributed by atoms with E-state index in [1.807, 2.05) is 4.72 Å². The molecule has 1 unspecified atom stereocenters. The zero-order chi connectivity index (χ0) is 19.5. The number of amides is 1. The van der Waals surface area contributed by atoms with Crippen LogP contribution in [0.2, 0.25) is 5.02 Å². The summed E-state index contributed by atoms with van der Waals surface area (Å²) in [6, 6.07) is 8.97. The average molecular weight is 407 g/mol. The van der Waals surface area contributed by atoms with Crippen molar-refractivity contribution >= 4 is 33.2 Å². The number of rotatable bonds is 5. The summed E-state index contributed by atoms with van der Waals surface area (Å²) in [4.78, 5) is 11.3. The summed E-state index contributed by atoms with van der Waals surface area (Å²) in [6.45, 7) is 1.26. The zero-order valence-electron chi connectivity index (χ0n) is 13.3. The first-order valence-electron chi connectivity index (χ1n) is 7.26. The van der Waals surface area contributed by atoms with E-state index >= 15 is 0 Å². The topological polar surface area (TPSA) is 75.3 Å². The van der Waals surface area contributed by atoms with Gasteiger partial charge in [-0.15, -0.1) is 0 Å². The molecule has 0 saturated heterocycles. The van der Waals surface area contributed by atoms with Gasteiger partial charge in [0, 0.05) is 5.69 Å². The third-order valence-corrected chi connectivity index (χ3v) is 5.34. The highest BCUT2D eigenvalue weighted by molar-refractivity contribution is 7.89. The van der Waals surface area contributed by atoms with Crippen molar-refractivity contribution in [2.75, 3.05) is 5.32 Å². The molecule has 0 aliphatic rings. The van der Waals surface area contributed by atoms with Crippen molar-refractivity contribution in [3.05, 3.63) is 59.1 Å². The Kier molecular flexibility index (Phi) is 5.94. The van der Waals surface area contributed by atoms with Gasteiger partial charge in [0.05, 0.1) is 16.6 Å². The number of nitrogens with one attached hydrogen (secondary N) is 2. The monoisotopic (exact) mass is 406 g/mol. The van der Waals surface area contributed by atoms with Gasteiger partial charge in [0.2, 0.25) is 15.9 Å². The summed E-state index contributed by atoms with van der Waals surface area (Å²) in [6.07, 6.45) is -4.73. The molecule has 26 heavy (non-hydrogen) atoms. The van der Waals surface area contributed by atoms with Gasteiger partial charge in [0.1, 0.15) is 4.90 Å². The Hall–Kier alpha value is -2.10. The molecule has 2 aromatic rings. The number of sulfonamides is 1. The van der Waals surface area contributed by atoms with Crippen LogP contribution in [0.15, 0.2) is 53.4 Å². The summed E-state index contributed by atoms with van der Waals surface area (Å²) in [5.74, 6) is -0.678. The Morgan fingerprint density at radius 2 is 1.73 bits per heavy atom. The minimum atomic E-state index is -4.73. The second-order valence-electron chi connectivity index (χ2n) is 5.34. The molecule has 1 atom stereocenters. The smallest absolute Gasteiger partial charge is 0.325 e. The van der Waals surface area contributed by atoms with E-state index in [1.165, 1.54) is 6.92 Å². The van der Waals surface area contributed by atoms with E-state index in [0.29, 0.717) is 17.8 Å². The molecule has 140 valence electrons. The van der Waals surface area contributed by atoms with Gasteiger partial charge in [-0.1, -0.05) is 29.8 Å². The number of carbonyl (C=O) groups is 1. The van der Waals surface area contributed by atoms with Crippen LogP contribution in [0.5, 0.6) is 0 Å². The SMILES string of the molecule is CC(NS(=O)(=O)c1cc(C(F)(F)F)ccc1Cl)C(=O)Nc1ccccc1. The number of anilines is 1. The predicted octanol–water partition coefficient (Wildman–Crippen LogP) is 3.66. The van der Waals surface area contributed by atoms with Crippen molar-refractivity contribution in [3.63, 3.8) is 0 Å². The summed E-state index contributed by atoms with van der Waals surface area (Å²) in [5.41, 5.74) is -0.718. The van der Waals surface area contributed by atoms with Gasteiger partial charge in [-0.2, -0.15) is 17.9 Å². The van der Waals surface area contributed by atoms with E-state index < -0.39 is 38.6 Å². The predicted molar refractivity (Wildman–Crippen MR) is 91.3 cm³/mol. The van der Waals surface area contributed by atoms with Crippen LogP contribution < -0.4 is 10.0 Å².